The second kappa shape index (κ2) is 10.8. The van der Waals surface area contributed by atoms with Crippen molar-refractivity contribution in [1.82, 2.24) is 4.90 Å². The number of nitrogens with one attached hydrogen (secondary N) is 2. The fraction of sp³-hybridized carbons (Fsp3) is 0.222. The van der Waals surface area contributed by atoms with Crippen LogP contribution in [0.4, 0.5) is 14.5 Å². The molecule has 180 valence electrons. The van der Waals surface area contributed by atoms with E-state index in [2.05, 4.69) is 5.32 Å². The number of anilines is 1. The van der Waals surface area contributed by atoms with Crippen molar-refractivity contribution in [2.75, 3.05) is 18.4 Å². The fourth-order valence-electron chi connectivity index (χ4n) is 4.10. The molecule has 5 nitrogen and oxygen atoms in total. The molecule has 1 aliphatic heterocycles. The van der Waals surface area contributed by atoms with Crippen LogP contribution in [-0.2, 0) is 6.42 Å². The van der Waals surface area contributed by atoms with E-state index >= 15 is 0 Å². The molecule has 0 unspecified atom stereocenters. The Bertz CT molecular complexity index is 1270. The molecule has 0 radical (unpaired) electrons. The SMILES string of the molecule is N=C(c1ccc(C(=O)Cc2ccc(F)cc2C(=O)Nc2ccc(Cl)cc2)c(F)c1)N1CCCCC1. The van der Waals surface area contributed by atoms with Gasteiger partial charge >= 0.3 is 0 Å². The number of nitrogens with zero attached hydrogens (tertiary/aromatic N) is 1. The van der Waals surface area contributed by atoms with E-state index in [0.717, 1.165) is 44.5 Å². The first-order valence-corrected chi connectivity index (χ1v) is 11.7. The molecule has 1 aliphatic rings. The van der Waals surface area contributed by atoms with Crippen LogP contribution in [-0.4, -0.2) is 35.5 Å². The molecule has 1 saturated heterocycles. The lowest BCUT2D eigenvalue weighted by Crippen LogP contribution is -2.35. The number of Topliss-reactive ketones (excluding diaryl/α,β-unsaturated/α-hetero) is 1. The Morgan fingerprint density at radius 3 is 2.31 bits per heavy atom. The fourth-order valence-corrected chi connectivity index (χ4v) is 4.23. The topological polar surface area (TPSA) is 73.3 Å². The quantitative estimate of drug-likeness (QED) is 0.246. The molecule has 8 heteroatoms. The molecule has 3 aromatic carbocycles. The molecule has 1 amide bonds. The summed E-state index contributed by atoms with van der Waals surface area (Å²) in [4.78, 5) is 27.6. The second-order valence-electron chi connectivity index (χ2n) is 8.45. The smallest absolute Gasteiger partial charge is 0.256 e. The highest BCUT2D eigenvalue weighted by molar-refractivity contribution is 6.30. The first-order chi connectivity index (χ1) is 16.8. The van der Waals surface area contributed by atoms with Gasteiger partial charge in [-0.25, -0.2) is 8.78 Å². The molecule has 0 aromatic heterocycles. The van der Waals surface area contributed by atoms with E-state index in [0.29, 0.717) is 16.3 Å². The zero-order chi connectivity index (χ0) is 24.9. The monoisotopic (exact) mass is 495 g/mol. The van der Waals surface area contributed by atoms with Crippen LogP contribution < -0.4 is 5.32 Å². The van der Waals surface area contributed by atoms with Crippen LogP contribution in [0.2, 0.25) is 5.02 Å². The van der Waals surface area contributed by atoms with Gasteiger partial charge in [0.15, 0.2) is 5.78 Å². The van der Waals surface area contributed by atoms with E-state index in [9.17, 15) is 18.4 Å². The predicted octanol–water partition coefficient (Wildman–Crippen LogP) is 6.11. The lowest BCUT2D eigenvalue weighted by Gasteiger charge is -2.29. The second-order valence-corrected chi connectivity index (χ2v) is 8.89. The minimum Gasteiger partial charge on any atom is -0.357 e. The number of rotatable bonds is 6. The van der Waals surface area contributed by atoms with E-state index in [1.165, 1.54) is 18.2 Å². The maximum absolute atomic E-state index is 14.9. The highest BCUT2D eigenvalue weighted by Gasteiger charge is 2.21. The van der Waals surface area contributed by atoms with E-state index < -0.39 is 23.3 Å². The molecular weight excluding hydrogens is 472 g/mol. The van der Waals surface area contributed by atoms with Gasteiger partial charge in [0.05, 0.1) is 5.56 Å². The summed E-state index contributed by atoms with van der Waals surface area (Å²) in [6, 6.07) is 14.1. The van der Waals surface area contributed by atoms with Crippen molar-refractivity contribution in [2.45, 2.75) is 25.7 Å². The first kappa shape index (κ1) is 24.5. The molecule has 0 spiro atoms. The van der Waals surface area contributed by atoms with Crippen LogP contribution in [0, 0.1) is 17.0 Å². The standard InChI is InChI=1S/C27H24ClF2N3O2/c28-19-6-9-21(10-7-19)32-27(35)23-16-20(29)8-4-17(23)15-25(34)22-11-5-18(14-24(22)30)26(31)33-12-2-1-3-13-33/h4-11,14,16,31H,1-3,12-13,15H2,(H,32,35). The average molecular weight is 496 g/mol. The number of amidine groups is 1. The Morgan fingerprint density at radius 1 is 0.914 bits per heavy atom. The molecule has 0 saturated carbocycles. The summed E-state index contributed by atoms with van der Waals surface area (Å²) in [6.07, 6.45) is 2.82. The minimum atomic E-state index is -0.733. The molecule has 3 aromatic rings. The van der Waals surface area contributed by atoms with Crippen LogP contribution in [0.3, 0.4) is 0 Å². The first-order valence-electron chi connectivity index (χ1n) is 11.3. The maximum Gasteiger partial charge on any atom is 0.256 e. The zero-order valence-electron chi connectivity index (χ0n) is 18.9. The van der Waals surface area contributed by atoms with E-state index in [1.54, 1.807) is 30.3 Å². The van der Waals surface area contributed by atoms with Crippen LogP contribution in [0.25, 0.3) is 0 Å². The van der Waals surface area contributed by atoms with Gasteiger partial charge < -0.3 is 10.2 Å². The molecule has 1 heterocycles. The van der Waals surface area contributed by atoms with Gasteiger partial charge in [-0.05, 0) is 73.4 Å². The van der Waals surface area contributed by atoms with Gasteiger partial charge in [-0.1, -0.05) is 23.7 Å². The number of carbonyl (C=O) groups is 2. The number of halogens is 3. The number of amides is 1. The third-order valence-electron chi connectivity index (χ3n) is 5.98. The third-order valence-corrected chi connectivity index (χ3v) is 6.24. The number of hydrogen-bond acceptors (Lipinski definition) is 3. The largest absolute Gasteiger partial charge is 0.357 e. The van der Waals surface area contributed by atoms with Crippen molar-refractivity contribution >= 4 is 34.8 Å². The number of hydrogen-bond donors (Lipinski definition) is 2. The molecule has 0 atom stereocenters. The Hall–Kier alpha value is -3.58. The van der Waals surface area contributed by atoms with E-state index in [4.69, 9.17) is 17.0 Å². The summed E-state index contributed by atoms with van der Waals surface area (Å²) in [5.41, 5.74) is 0.975. The average Bonchev–Trinajstić information content (AvgIpc) is 2.86. The number of benzene rings is 3. The molecule has 1 fully saturated rings. The van der Waals surface area contributed by atoms with Gasteiger partial charge in [0.1, 0.15) is 17.5 Å². The van der Waals surface area contributed by atoms with Gasteiger partial charge in [0.2, 0.25) is 0 Å². The summed E-state index contributed by atoms with van der Waals surface area (Å²) in [7, 11) is 0. The Kier molecular flexibility index (Phi) is 7.56. The number of piperidine rings is 1. The number of likely N-dealkylation sites (tertiary alicyclic amines) is 1. The Labute approximate surface area is 207 Å². The molecule has 0 aliphatic carbocycles. The highest BCUT2D eigenvalue weighted by Crippen LogP contribution is 2.21. The van der Waals surface area contributed by atoms with E-state index in [1.807, 2.05) is 4.90 Å². The highest BCUT2D eigenvalue weighted by atomic mass is 35.5. The Morgan fingerprint density at radius 2 is 1.63 bits per heavy atom. The van der Waals surface area contributed by atoms with Crippen LogP contribution in [0.5, 0.6) is 0 Å². The molecule has 4 rings (SSSR count). The van der Waals surface area contributed by atoms with Gasteiger partial charge in [0.25, 0.3) is 5.91 Å². The number of ketones is 1. The van der Waals surface area contributed by atoms with Crippen molar-refractivity contribution in [3.8, 4) is 0 Å². The van der Waals surface area contributed by atoms with Crippen molar-refractivity contribution in [3.05, 3.63) is 99.6 Å². The minimum absolute atomic E-state index is 0.0165. The zero-order valence-corrected chi connectivity index (χ0v) is 19.7. The predicted molar refractivity (Wildman–Crippen MR) is 132 cm³/mol. The summed E-state index contributed by atoms with van der Waals surface area (Å²) in [6.45, 7) is 1.51. The molecule has 2 N–H and O–H groups in total. The normalized spacial score (nSPS) is 13.4. The molecular formula is C27H24ClF2N3O2. The van der Waals surface area contributed by atoms with Crippen molar-refractivity contribution in [2.24, 2.45) is 0 Å². The molecule has 35 heavy (non-hydrogen) atoms. The van der Waals surface area contributed by atoms with Gasteiger partial charge in [-0.15, -0.1) is 0 Å². The van der Waals surface area contributed by atoms with Crippen molar-refractivity contribution in [3.63, 3.8) is 0 Å². The van der Waals surface area contributed by atoms with Crippen molar-refractivity contribution in [1.29, 1.82) is 5.41 Å². The maximum atomic E-state index is 14.9. The van der Waals surface area contributed by atoms with Crippen LogP contribution in [0.15, 0.2) is 60.7 Å². The lowest BCUT2D eigenvalue weighted by molar-refractivity contribution is 0.0988. The summed E-state index contributed by atoms with van der Waals surface area (Å²) >= 11 is 5.86. The Balaban J connectivity index is 1.52. The molecule has 0 bridgehead atoms. The lowest BCUT2D eigenvalue weighted by atomic mass is 9.97. The summed E-state index contributed by atoms with van der Waals surface area (Å²) in [5, 5.41) is 11.5. The third kappa shape index (κ3) is 5.92. The van der Waals surface area contributed by atoms with E-state index in [-0.39, 0.29) is 28.9 Å². The van der Waals surface area contributed by atoms with Gasteiger partial charge in [-0.3, -0.25) is 15.0 Å². The van der Waals surface area contributed by atoms with Gasteiger partial charge in [0, 0.05) is 41.3 Å². The van der Waals surface area contributed by atoms with Gasteiger partial charge in [-0.2, -0.15) is 0 Å². The van der Waals surface area contributed by atoms with Crippen LogP contribution >= 0.6 is 11.6 Å². The van der Waals surface area contributed by atoms with Crippen molar-refractivity contribution < 1.29 is 18.4 Å². The number of carbonyl (C=O) groups excluding carboxylic acids is 2. The summed E-state index contributed by atoms with van der Waals surface area (Å²) < 4.78 is 28.8. The van der Waals surface area contributed by atoms with Crippen LogP contribution in [0.1, 0.15) is 51.1 Å². The summed E-state index contributed by atoms with van der Waals surface area (Å²) in [5.74, 6) is -2.27.